The van der Waals surface area contributed by atoms with Gasteiger partial charge in [-0.2, -0.15) is 0 Å². The number of halogens is 1. The van der Waals surface area contributed by atoms with Crippen molar-refractivity contribution in [2.24, 2.45) is 0 Å². The number of carbonyl (C=O) groups is 1. The summed E-state index contributed by atoms with van der Waals surface area (Å²) >= 11 is 0. The Balaban J connectivity index is 3.05. The Hall–Kier alpha value is -1.67. The van der Waals surface area contributed by atoms with E-state index in [0.717, 1.165) is 6.07 Å². The predicted octanol–water partition coefficient (Wildman–Crippen LogP) is 0.828. The second kappa shape index (κ2) is 6.40. The molecule has 1 aromatic rings. The summed E-state index contributed by atoms with van der Waals surface area (Å²) in [5.41, 5.74) is 5.67. The number of nitrogens with one attached hydrogen (secondary N) is 2. The molecule has 0 bridgehead atoms. The van der Waals surface area contributed by atoms with E-state index in [4.69, 9.17) is 5.73 Å². The molecule has 0 aliphatic carbocycles. The zero-order valence-electron chi connectivity index (χ0n) is 12.5. The summed E-state index contributed by atoms with van der Waals surface area (Å²) in [6.45, 7) is 6.03. The van der Waals surface area contributed by atoms with Crippen molar-refractivity contribution in [3.05, 3.63) is 23.0 Å². The first-order chi connectivity index (χ1) is 9.56. The highest BCUT2D eigenvalue weighted by molar-refractivity contribution is 7.89. The summed E-state index contributed by atoms with van der Waals surface area (Å²) in [5.74, 6) is -1.11. The van der Waals surface area contributed by atoms with E-state index in [0.29, 0.717) is 0 Å². The average molecular weight is 317 g/mol. The fraction of sp³-hybridized carbons (Fsp3) is 0.462. The zero-order chi connectivity index (χ0) is 16.4. The number of amides is 1. The Kier molecular flexibility index (Phi) is 5.30. The normalized spacial score (nSPS) is 11.7. The van der Waals surface area contributed by atoms with Crippen LogP contribution in [-0.4, -0.2) is 26.9 Å². The number of sulfonamides is 1. The molecule has 0 spiro atoms. The molecule has 8 heteroatoms. The molecule has 0 unspecified atom stereocenters. The molecule has 0 aliphatic heterocycles. The molecule has 0 radical (unpaired) electrons. The van der Waals surface area contributed by atoms with Crippen LogP contribution in [0.15, 0.2) is 11.0 Å². The number of carbonyl (C=O) groups excluding carboxylic acids is 1. The van der Waals surface area contributed by atoms with Crippen LogP contribution in [-0.2, 0) is 14.8 Å². The number of anilines is 1. The van der Waals surface area contributed by atoms with Crippen LogP contribution in [0.4, 0.5) is 10.1 Å². The monoisotopic (exact) mass is 317 g/mol. The van der Waals surface area contributed by atoms with Crippen LogP contribution in [0.3, 0.4) is 0 Å². The van der Waals surface area contributed by atoms with E-state index in [9.17, 15) is 17.6 Å². The number of benzene rings is 1. The van der Waals surface area contributed by atoms with Gasteiger partial charge < -0.3 is 11.1 Å². The number of hydrogen-bond donors (Lipinski definition) is 3. The van der Waals surface area contributed by atoms with Gasteiger partial charge in [0, 0.05) is 6.04 Å². The van der Waals surface area contributed by atoms with Crippen molar-refractivity contribution in [3.63, 3.8) is 0 Å². The third-order valence-corrected chi connectivity index (χ3v) is 4.53. The Bertz CT molecular complexity index is 657. The SMILES string of the molecule is Cc1cc(F)c(N)c(C)c1S(=O)(=O)NCC(=O)NC(C)C. The highest BCUT2D eigenvalue weighted by Gasteiger charge is 2.23. The van der Waals surface area contributed by atoms with E-state index in [2.05, 4.69) is 10.0 Å². The van der Waals surface area contributed by atoms with E-state index >= 15 is 0 Å². The molecule has 1 rings (SSSR count). The molecule has 4 N–H and O–H groups in total. The Morgan fingerprint density at radius 3 is 2.48 bits per heavy atom. The first-order valence-electron chi connectivity index (χ1n) is 6.40. The third-order valence-electron chi connectivity index (χ3n) is 2.84. The molecule has 0 saturated carbocycles. The Morgan fingerprint density at radius 1 is 1.38 bits per heavy atom. The van der Waals surface area contributed by atoms with Crippen molar-refractivity contribution in [2.75, 3.05) is 12.3 Å². The van der Waals surface area contributed by atoms with Crippen molar-refractivity contribution in [1.29, 1.82) is 0 Å². The summed E-state index contributed by atoms with van der Waals surface area (Å²) in [4.78, 5) is 11.4. The number of rotatable bonds is 5. The Morgan fingerprint density at radius 2 is 1.95 bits per heavy atom. The van der Waals surface area contributed by atoms with Gasteiger partial charge in [-0.1, -0.05) is 0 Å². The lowest BCUT2D eigenvalue weighted by Crippen LogP contribution is -2.40. The molecule has 0 atom stereocenters. The quantitative estimate of drug-likeness (QED) is 0.700. The average Bonchev–Trinajstić information content (AvgIpc) is 2.32. The maximum absolute atomic E-state index is 13.5. The summed E-state index contributed by atoms with van der Waals surface area (Å²) in [6.07, 6.45) is 0. The molecule has 0 aromatic heterocycles. The van der Waals surface area contributed by atoms with E-state index in [-0.39, 0.29) is 27.8 Å². The van der Waals surface area contributed by atoms with Crippen LogP contribution in [0.25, 0.3) is 0 Å². The molecule has 0 aliphatic rings. The van der Waals surface area contributed by atoms with Crippen molar-refractivity contribution < 1.29 is 17.6 Å². The second-order valence-corrected chi connectivity index (χ2v) is 6.79. The number of nitrogen functional groups attached to an aromatic ring is 1. The van der Waals surface area contributed by atoms with Crippen molar-refractivity contribution in [3.8, 4) is 0 Å². The van der Waals surface area contributed by atoms with Gasteiger partial charge in [-0.05, 0) is 44.9 Å². The van der Waals surface area contributed by atoms with Crippen molar-refractivity contribution >= 4 is 21.6 Å². The molecule has 0 fully saturated rings. The Labute approximate surface area is 124 Å². The van der Waals surface area contributed by atoms with Crippen LogP contribution in [0.1, 0.15) is 25.0 Å². The van der Waals surface area contributed by atoms with Crippen molar-refractivity contribution in [2.45, 2.75) is 38.6 Å². The molecule has 1 aromatic carbocycles. The number of aryl methyl sites for hydroxylation is 1. The first kappa shape index (κ1) is 17.4. The molecule has 0 heterocycles. The van der Waals surface area contributed by atoms with Crippen LogP contribution in [0.5, 0.6) is 0 Å². The van der Waals surface area contributed by atoms with Gasteiger partial charge in [-0.3, -0.25) is 4.79 Å². The van der Waals surface area contributed by atoms with Gasteiger partial charge in [-0.25, -0.2) is 17.5 Å². The van der Waals surface area contributed by atoms with E-state index < -0.39 is 28.3 Å². The van der Waals surface area contributed by atoms with Gasteiger partial charge >= 0.3 is 0 Å². The van der Waals surface area contributed by atoms with Gasteiger partial charge in [0.25, 0.3) is 0 Å². The third kappa shape index (κ3) is 4.15. The molecular weight excluding hydrogens is 297 g/mol. The smallest absolute Gasteiger partial charge is 0.241 e. The van der Waals surface area contributed by atoms with Crippen LogP contribution in [0, 0.1) is 19.7 Å². The van der Waals surface area contributed by atoms with Crippen LogP contribution >= 0.6 is 0 Å². The van der Waals surface area contributed by atoms with E-state index in [1.165, 1.54) is 13.8 Å². The summed E-state index contributed by atoms with van der Waals surface area (Å²) in [6, 6.07) is 0.970. The fourth-order valence-corrected chi connectivity index (χ4v) is 3.41. The topological polar surface area (TPSA) is 101 Å². The highest BCUT2D eigenvalue weighted by atomic mass is 32.2. The molecule has 6 nitrogen and oxygen atoms in total. The van der Waals surface area contributed by atoms with E-state index in [1.807, 2.05) is 0 Å². The van der Waals surface area contributed by atoms with Crippen molar-refractivity contribution in [1.82, 2.24) is 10.0 Å². The molecule has 118 valence electrons. The molecular formula is C13H20FN3O3S. The second-order valence-electron chi connectivity index (χ2n) is 5.09. The van der Waals surface area contributed by atoms with Gasteiger partial charge in [0.15, 0.2) is 0 Å². The lowest BCUT2D eigenvalue weighted by Gasteiger charge is -2.15. The zero-order valence-corrected chi connectivity index (χ0v) is 13.3. The van der Waals surface area contributed by atoms with Crippen LogP contribution < -0.4 is 15.8 Å². The lowest BCUT2D eigenvalue weighted by molar-refractivity contribution is -0.120. The van der Waals surface area contributed by atoms with Gasteiger partial charge in [0.1, 0.15) is 5.82 Å². The summed E-state index contributed by atoms with van der Waals surface area (Å²) < 4.78 is 40.2. The van der Waals surface area contributed by atoms with Crippen LogP contribution in [0.2, 0.25) is 0 Å². The minimum atomic E-state index is -3.95. The van der Waals surface area contributed by atoms with Gasteiger partial charge in [0.05, 0.1) is 17.1 Å². The first-order valence-corrected chi connectivity index (χ1v) is 7.88. The summed E-state index contributed by atoms with van der Waals surface area (Å²) in [5, 5.41) is 2.57. The molecule has 1 amide bonds. The maximum atomic E-state index is 13.5. The highest BCUT2D eigenvalue weighted by Crippen LogP contribution is 2.27. The van der Waals surface area contributed by atoms with E-state index in [1.54, 1.807) is 13.8 Å². The van der Waals surface area contributed by atoms with Gasteiger partial charge in [-0.15, -0.1) is 0 Å². The van der Waals surface area contributed by atoms with Gasteiger partial charge in [0.2, 0.25) is 15.9 Å². The lowest BCUT2D eigenvalue weighted by atomic mass is 10.1. The summed E-state index contributed by atoms with van der Waals surface area (Å²) in [7, 11) is -3.95. The predicted molar refractivity (Wildman–Crippen MR) is 78.8 cm³/mol. The minimum absolute atomic E-state index is 0.0908. The minimum Gasteiger partial charge on any atom is -0.396 e. The fourth-order valence-electron chi connectivity index (χ4n) is 1.95. The largest absolute Gasteiger partial charge is 0.396 e. The number of nitrogens with two attached hydrogens (primary N) is 1. The molecule has 21 heavy (non-hydrogen) atoms. The maximum Gasteiger partial charge on any atom is 0.241 e. The standard InChI is InChI=1S/C13H20FN3O3S/c1-7(2)17-11(18)6-16-21(19,20)13-8(3)5-10(14)12(15)9(13)4/h5,7,16H,6,15H2,1-4H3,(H,17,18). The molecule has 0 saturated heterocycles. The number of hydrogen-bond acceptors (Lipinski definition) is 4.